The van der Waals surface area contributed by atoms with Gasteiger partial charge in [-0.1, -0.05) is 12.1 Å². The first-order chi connectivity index (χ1) is 9.78. The van der Waals surface area contributed by atoms with Crippen LogP contribution in [-0.4, -0.2) is 32.7 Å². The largest absolute Gasteiger partial charge is 0.497 e. The number of hydrogen-bond acceptors (Lipinski definition) is 3. The minimum Gasteiger partial charge on any atom is -0.497 e. The predicted octanol–water partition coefficient (Wildman–Crippen LogP) is 1.74. The molecular weight excluding hydrogens is 252 g/mol. The molecule has 1 aliphatic rings. The Bertz CT molecular complexity index is 411. The highest BCUT2D eigenvalue weighted by Gasteiger charge is 2.13. The Morgan fingerprint density at radius 2 is 2.20 bits per heavy atom. The molecule has 0 bridgehead atoms. The normalized spacial score (nSPS) is 18.6. The van der Waals surface area contributed by atoms with Crippen molar-refractivity contribution in [2.45, 2.75) is 25.7 Å². The first kappa shape index (κ1) is 14.9. The standard InChI is InChI=1S/C16H24N2O2/c1-20-15-7-4-13(5-8-15)6-9-16(19)18-12-14-3-2-10-17-11-14/h4-5,7-8,14,17H,2-3,6,9-12H2,1H3,(H,18,19). The van der Waals surface area contributed by atoms with Gasteiger partial charge in [-0.2, -0.15) is 0 Å². The quantitative estimate of drug-likeness (QED) is 0.832. The van der Waals surface area contributed by atoms with Crippen LogP contribution in [0.1, 0.15) is 24.8 Å². The van der Waals surface area contributed by atoms with Gasteiger partial charge in [-0.25, -0.2) is 0 Å². The van der Waals surface area contributed by atoms with Crippen molar-refractivity contribution in [2.75, 3.05) is 26.7 Å². The Kier molecular flexibility index (Phi) is 5.87. The van der Waals surface area contributed by atoms with Crippen LogP contribution in [-0.2, 0) is 11.2 Å². The summed E-state index contributed by atoms with van der Waals surface area (Å²) in [5.74, 6) is 1.59. The molecule has 1 unspecified atom stereocenters. The van der Waals surface area contributed by atoms with E-state index in [0.717, 1.165) is 31.8 Å². The molecule has 2 rings (SSSR count). The first-order valence-corrected chi connectivity index (χ1v) is 7.38. The van der Waals surface area contributed by atoms with Crippen LogP contribution >= 0.6 is 0 Å². The van der Waals surface area contributed by atoms with Crippen molar-refractivity contribution < 1.29 is 9.53 Å². The summed E-state index contributed by atoms with van der Waals surface area (Å²) in [6, 6.07) is 7.89. The van der Waals surface area contributed by atoms with Crippen LogP contribution in [0.25, 0.3) is 0 Å². The van der Waals surface area contributed by atoms with Crippen LogP contribution < -0.4 is 15.4 Å². The number of piperidine rings is 1. The van der Waals surface area contributed by atoms with Crippen molar-refractivity contribution in [1.82, 2.24) is 10.6 Å². The molecule has 0 spiro atoms. The molecule has 2 N–H and O–H groups in total. The fraction of sp³-hybridized carbons (Fsp3) is 0.562. The Hall–Kier alpha value is -1.55. The highest BCUT2D eigenvalue weighted by molar-refractivity contribution is 5.76. The summed E-state index contributed by atoms with van der Waals surface area (Å²) in [6.45, 7) is 2.94. The average Bonchev–Trinajstić information content (AvgIpc) is 2.52. The van der Waals surface area contributed by atoms with Crippen molar-refractivity contribution in [3.8, 4) is 5.75 Å². The second-order valence-electron chi connectivity index (χ2n) is 5.36. The van der Waals surface area contributed by atoms with E-state index >= 15 is 0 Å². The molecule has 1 atom stereocenters. The summed E-state index contributed by atoms with van der Waals surface area (Å²) in [5.41, 5.74) is 1.17. The van der Waals surface area contributed by atoms with E-state index in [1.165, 1.54) is 18.4 Å². The summed E-state index contributed by atoms with van der Waals surface area (Å²) < 4.78 is 5.12. The van der Waals surface area contributed by atoms with Gasteiger partial charge in [-0.05, 0) is 56.0 Å². The molecule has 1 aromatic rings. The Labute approximate surface area is 120 Å². The lowest BCUT2D eigenvalue weighted by molar-refractivity contribution is -0.121. The zero-order chi connectivity index (χ0) is 14.2. The van der Waals surface area contributed by atoms with Crippen LogP contribution in [0.15, 0.2) is 24.3 Å². The second kappa shape index (κ2) is 7.90. The molecule has 0 saturated carbocycles. The molecule has 1 aromatic carbocycles. The molecule has 0 aliphatic carbocycles. The monoisotopic (exact) mass is 276 g/mol. The van der Waals surface area contributed by atoms with Gasteiger partial charge in [0.25, 0.3) is 0 Å². The molecule has 0 radical (unpaired) electrons. The minimum absolute atomic E-state index is 0.145. The maximum Gasteiger partial charge on any atom is 0.220 e. The number of hydrogen-bond donors (Lipinski definition) is 2. The van der Waals surface area contributed by atoms with Crippen molar-refractivity contribution >= 4 is 5.91 Å². The van der Waals surface area contributed by atoms with Gasteiger partial charge in [-0.3, -0.25) is 4.79 Å². The fourth-order valence-electron chi connectivity index (χ4n) is 2.49. The molecule has 1 amide bonds. The highest BCUT2D eigenvalue weighted by atomic mass is 16.5. The Morgan fingerprint density at radius 3 is 2.85 bits per heavy atom. The van der Waals surface area contributed by atoms with E-state index in [-0.39, 0.29) is 5.91 Å². The van der Waals surface area contributed by atoms with Gasteiger partial charge in [0.2, 0.25) is 5.91 Å². The Balaban J connectivity index is 1.66. The summed E-state index contributed by atoms with van der Waals surface area (Å²) in [5, 5.41) is 6.41. The topological polar surface area (TPSA) is 50.4 Å². The minimum atomic E-state index is 0.145. The van der Waals surface area contributed by atoms with Gasteiger partial charge in [-0.15, -0.1) is 0 Å². The maximum atomic E-state index is 11.8. The molecule has 110 valence electrons. The van der Waals surface area contributed by atoms with E-state index in [4.69, 9.17) is 4.74 Å². The lowest BCUT2D eigenvalue weighted by Crippen LogP contribution is -2.38. The number of carbonyl (C=O) groups excluding carboxylic acids is 1. The van der Waals surface area contributed by atoms with E-state index in [2.05, 4.69) is 10.6 Å². The average molecular weight is 276 g/mol. The summed E-state index contributed by atoms with van der Waals surface area (Å²) >= 11 is 0. The number of benzene rings is 1. The lowest BCUT2D eigenvalue weighted by atomic mass is 10.00. The molecular formula is C16H24N2O2. The van der Waals surface area contributed by atoms with Gasteiger partial charge >= 0.3 is 0 Å². The van der Waals surface area contributed by atoms with Gasteiger partial charge < -0.3 is 15.4 Å². The molecule has 1 saturated heterocycles. The zero-order valence-electron chi connectivity index (χ0n) is 12.2. The van der Waals surface area contributed by atoms with Crippen molar-refractivity contribution in [2.24, 2.45) is 5.92 Å². The van der Waals surface area contributed by atoms with E-state index < -0.39 is 0 Å². The number of methoxy groups -OCH3 is 1. The van der Waals surface area contributed by atoms with E-state index in [1.807, 2.05) is 24.3 Å². The number of amides is 1. The third kappa shape index (κ3) is 4.85. The maximum absolute atomic E-state index is 11.8. The third-order valence-electron chi connectivity index (χ3n) is 3.79. The molecule has 0 aromatic heterocycles. The predicted molar refractivity (Wildman–Crippen MR) is 79.9 cm³/mol. The van der Waals surface area contributed by atoms with Crippen LogP contribution in [0.3, 0.4) is 0 Å². The second-order valence-corrected chi connectivity index (χ2v) is 5.36. The van der Waals surface area contributed by atoms with E-state index in [0.29, 0.717) is 12.3 Å². The number of carbonyl (C=O) groups is 1. The highest BCUT2D eigenvalue weighted by Crippen LogP contribution is 2.12. The van der Waals surface area contributed by atoms with Gasteiger partial charge in [0, 0.05) is 13.0 Å². The summed E-state index contributed by atoms with van der Waals surface area (Å²) in [7, 11) is 1.66. The molecule has 1 aliphatic heterocycles. The van der Waals surface area contributed by atoms with Crippen molar-refractivity contribution in [3.05, 3.63) is 29.8 Å². The number of rotatable bonds is 6. The van der Waals surface area contributed by atoms with Crippen LogP contribution in [0, 0.1) is 5.92 Å². The Morgan fingerprint density at radius 1 is 1.40 bits per heavy atom. The van der Waals surface area contributed by atoms with Crippen LogP contribution in [0.2, 0.25) is 0 Å². The SMILES string of the molecule is COc1ccc(CCC(=O)NCC2CCCNC2)cc1. The molecule has 20 heavy (non-hydrogen) atoms. The van der Waals surface area contributed by atoms with E-state index in [1.54, 1.807) is 7.11 Å². The number of aryl methyl sites for hydroxylation is 1. The van der Waals surface area contributed by atoms with Crippen molar-refractivity contribution in [1.29, 1.82) is 0 Å². The van der Waals surface area contributed by atoms with Crippen molar-refractivity contribution in [3.63, 3.8) is 0 Å². The van der Waals surface area contributed by atoms with Crippen LogP contribution in [0.5, 0.6) is 5.75 Å². The first-order valence-electron chi connectivity index (χ1n) is 7.38. The summed E-state index contributed by atoms with van der Waals surface area (Å²) in [4.78, 5) is 11.8. The smallest absolute Gasteiger partial charge is 0.220 e. The fourth-order valence-corrected chi connectivity index (χ4v) is 2.49. The number of ether oxygens (including phenoxy) is 1. The van der Waals surface area contributed by atoms with Gasteiger partial charge in [0.1, 0.15) is 5.75 Å². The molecule has 1 heterocycles. The lowest BCUT2D eigenvalue weighted by Gasteiger charge is -2.22. The molecule has 1 fully saturated rings. The van der Waals surface area contributed by atoms with Crippen LogP contribution in [0.4, 0.5) is 0 Å². The van der Waals surface area contributed by atoms with E-state index in [9.17, 15) is 4.79 Å². The number of nitrogens with one attached hydrogen (secondary N) is 2. The zero-order valence-corrected chi connectivity index (χ0v) is 12.2. The summed E-state index contributed by atoms with van der Waals surface area (Å²) in [6.07, 6.45) is 3.75. The van der Waals surface area contributed by atoms with Gasteiger partial charge in [0.05, 0.1) is 7.11 Å². The molecule has 4 nitrogen and oxygen atoms in total. The third-order valence-corrected chi connectivity index (χ3v) is 3.79. The molecule has 4 heteroatoms. The van der Waals surface area contributed by atoms with Gasteiger partial charge in [0.15, 0.2) is 0 Å².